The molecule has 4 fully saturated rings. The summed E-state index contributed by atoms with van der Waals surface area (Å²) >= 11 is 0. The summed E-state index contributed by atoms with van der Waals surface area (Å²) in [4.78, 5) is 23.4. The molecule has 4 bridgehead atoms. The van der Waals surface area contributed by atoms with Gasteiger partial charge in [-0.05, 0) is 37.5 Å². The van der Waals surface area contributed by atoms with E-state index in [9.17, 15) is 18.4 Å². The van der Waals surface area contributed by atoms with E-state index in [2.05, 4.69) is 4.74 Å². The lowest BCUT2D eigenvalue weighted by Crippen LogP contribution is -2.45. The smallest absolute Gasteiger partial charge is 0.332 e. The minimum Gasteiger partial charge on any atom is -0.459 e. The second-order valence-electron chi connectivity index (χ2n) is 6.75. The Hall–Kier alpha value is -1.24. The molecule has 2 aliphatic heterocycles. The van der Waals surface area contributed by atoms with E-state index in [1.165, 1.54) is 0 Å². The van der Waals surface area contributed by atoms with Gasteiger partial charge in [-0.25, -0.2) is 13.6 Å². The fraction of sp³-hybridized carbons (Fsp3) is 0.867. The van der Waals surface area contributed by atoms with E-state index < -0.39 is 18.5 Å². The Morgan fingerprint density at radius 1 is 1.32 bits per heavy atom. The Labute approximate surface area is 127 Å². The standard InChI is InChI=1S/C15H20F2O5/c1-15(16,17)7-21-12(18)6-20-13-9-2-8-3-10(5-9)14(19)22-11(13)4-8/h8-11,13H,2-7H2,1H3. The lowest BCUT2D eigenvalue weighted by molar-refractivity contribution is -0.172. The van der Waals surface area contributed by atoms with Crippen LogP contribution < -0.4 is 0 Å². The average molecular weight is 318 g/mol. The SMILES string of the molecule is CC(F)(F)COC(=O)COC1C2CC3CC(C2)C(=O)OC1C3. The predicted octanol–water partition coefficient (Wildman–Crippen LogP) is 1.93. The maximum absolute atomic E-state index is 12.6. The zero-order chi connectivity index (χ0) is 15.9. The van der Waals surface area contributed by atoms with E-state index in [1.54, 1.807) is 0 Å². The van der Waals surface area contributed by atoms with Crippen molar-refractivity contribution in [2.45, 2.75) is 50.7 Å². The molecule has 0 aromatic carbocycles. The number of fused-ring (bicyclic) bond motifs is 1. The first-order valence-electron chi connectivity index (χ1n) is 7.67. The predicted molar refractivity (Wildman–Crippen MR) is 70.1 cm³/mol. The molecular formula is C15H20F2O5. The number of carbonyl (C=O) groups is 2. The number of carbonyl (C=O) groups excluding carboxylic acids is 2. The Balaban J connectivity index is 1.54. The van der Waals surface area contributed by atoms with Crippen LogP contribution in [-0.2, 0) is 23.8 Å². The third kappa shape index (κ3) is 3.39. The first-order chi connectivity index (χ1) is 10.3. The summed E-state index contributed by atoms with van der Waals surface area (Å²) in [5.74, 6) is -3.43. The summed E-state index contributed by atoms with van der Waals surface area (Å²) in [5, 5.41) is 0. The van der Waals surface area contributed by atoms with E-state index in [4.69, 9.17) is 9.47 Å². The Morgan fingerprint density at radius 3 is 2.82 bits per heavy atom. The van der Waals surface area contributed by atoms with Gasteiger partial charge in [0, 0.05) is 6.92 Å². The van der Waals surface area contributed by atoms with Crippen molar-refractivity contribution in [1.29, 1.82) is 0 Å². The monoisotopic (exact) mass is 318 g/mol. The molecule has 2 aliphatic carbocycles. The molecule has 2 saturated heterocycles. The van der Waals surface area contributed by atoms with Crippen LogP contribution in [0.1, 0.15) is 32.6 Å². The summed E-state index contributed by atoms with van der Waals surface area (Å²) in [6, 6.07) is 0. The molecule has 5 nitrogen and oxygen atoms in total. The molecule has 0 aromatic heterocycles. The molecule has 2 saturated carbocycles. The molecule has 4 rings (SSSR count). The van der Waals surface area contributed by atoms with Gasteiger partial charge in [0.15, 0.2) is 6.61 Å². The Bertz CT molecular complexity index is 461. The fourth-order valence-electron chi connectivity index (χ4n) is 3.92. The van der Waals surface area contributed by atoms with Gasteiger partial charge < -0.3 is 14.2 Å². The van der Waals surface area contributed by atoms with E-state index in [0.29, 0.717) is 12.8 Å². The van der Waals surface area contributed by atoms with Crippen LogP contribution in [0.4, 0.5) is 8.78 Å². The van der Waals surface area contributed by atoms with Crippen molar-refractivity contribution in [3.8, 4) is 0 Å². The lowest BCUT2D eigenvalue weighted by Gasteiger charge is -2.41. The zero-order valence-corrected chi connectivity index (χ0v) is 12.4. The van der Waals surface area contributed by atoms with E-state index >= 15 is 0 Å². The third-order valence-electron chi connectivity index (χ3n) is 4.72. The summed E-state index contributed by atoms with van der Waals surface area (Å²) in [6.45, 7) is -0.658. The molecule has 2 heterocycles. The van der Waals surface area contributed by atoms with Crippen molar-refractivity contribution < 1.29 is 32.6 Å². The number of hydrogen-bond donors (Lipinski definition) is 0. The molecule has 7 heteroatoms. The van der Waals surface area contributed by atoms with Gasteiger partial charge in [0.25, 0.3) is 5.92 Å². The number of hydrogen-bond acceptors (Lipinski definition) is 5. The topological polar surface area (TPSA) is 61.8 Å². The molecule has 0 amide bonds. The quantitative estimate of drug-likeness (QED) is 0.725. The van der Waals surface area contributed by atoms with Gasteiger partial charge in [0.1, 0.15) is 12.7 Å². The van der Waals surface area contributed by atoms with Gasteiger partial charge in [0.05, 0.1) is 12.0 Å². The molecule has 5 unspecified atom stereocenters. The molecule has 0 radical (unpaired) electrons. The maximum Gasteiger partial charge on any atom is 0.332 e. The normalized spacial score (nSPS) is 36.9. The van der Waals surface area contributed by atoms with Crippen LogP contribution in [-0.4, -0.2) is 43.3 Å². The summed E-state index contributed by atoms with van der Waals surface area (Å²) in [6.07, 6.45) is 2.66. The van der Waals surface area contributed by atoms with Crippen LogP contribution in [0.5, 0.6) is 0 Å². The van der Waals surface area contributed by atoms with Crippen molar-refractivity contribution in [2.75, 3.05) is 13.2 Å². The van der Waals surface area contributed by atoms with Gasteiger partial charge in [-0.15, -0.1) is 0 Å². The van der Waals surface area contributed by atoms with Crippen molar-refractivity contribution in [3.05, 3.63) is 0 Å². The van der Waals surface area contributed by atoms with Crippen molar-refractivity contribution in [3.63, 3.8) is 0 Å². The average Bonchev–Trinajstić information content (AvgIpc) is 2.58. The number of ether oxygens (including phenoxy) is 3. The van der Waals surface area contributed by atoms with Crippen LogP contribution >= 0.6 is 0 Å². The molecule has 0 spiro atoms. The van der Waals surface area contributed by atoms with Gasteiger partial charge in [-0.2, -0.15) is 0 Å². The molecule has 5 atom stereocenters. The highest BCUT2D eigenvalue weighted by Gasteiger charge is 2.50. The first-order valence-corrected chi connectivity index (χ1v) is 7.67. The number of halogens is 2. The second kappa shape index (κ2) is 5.76. The first kappa shape index (κ1) is 15.6. The van der Waals surface area contributed by atoms with Crippen LogP contribution in [0.25, 0.3) is 0 Å². The third-order valence-corrected chi connectivity index (χ3v) is 4.72. The van der Waals surface area contributed by atoms with Gasteiger partial charge in [-0.3, -0.25) is 4.79 Å². The highest BCUT2D eigenvalue weighted by atomic mass is 19.3. The summed E-state index contributed by atoms with van der Waals surface area (Å²) in [5.41, 5.74) is 0. The van der Waals surface area contributed by atoms with Gasteiger partial charge in [0.2, 0.25) is 0 Å². The van der Waals surface area contributed by atoms with Gasteiger partial charge >= 0.3 is 11.9 Å². The molecule has 22 heavy (non-hydrogen) atoms. The van der Waals surface area contributed by atoms with Crippen molar-refractivity contribution >= 4 is 11.9 Å². The minimum absolute atomic E-state index is 0.0620. The molecular weight excluding hydrogens is 298 g/mol. The maximum atomic E-state index is 12.6. The van der Waals surface area contributed by atoms with Gasteiger partial charge in [-0.1, -0.05) is 0 Å². The summed E-state index contributed by atoms with van der Waals surface area (Å²) in [7, 11) is 0. The Morgan fingerprint density at radius 2 is 2.09 bits per heavy atom. The summed E-state index contributed by atoms with van der Waals surface area (Å²) < 4.78 is 40.8. The van der Waals surface area contributed by atoms with Crippen molar-refractivity contribution in [1.82, 2.24) is 0 Å². The van der Waals surface area contributed by atoms with E-state index in [1.807, 2.05) is 0 Å². The largest absolute Gasteiger partial charge is 0.459 e. The Kier molecular flexibility index (Phi) is 4.09. The van der Waals surface area contributed by atoms with Crippen LogP contribution in [0.3, 0.4) is 0 Å². The minimum atomic E-state index is -3.05. The second-order valence-corrected chi connectivity index (χ2v) is 6.75. The van der Waals surface area contributed by atoms with Crippen LogP contribution in [0, 0.1) is 17.8 Å². The van der Waals surface area contributed by atoms with Crippen molar-refractivity contribution in [2.24, 2.45) is 17.8 Å². The highest BCUT2D eigenvalue weighted by molar-refractivity contribution is 5.73. The number of rotatable bonds is 5. The molecule has 0 N–H and O–H groups in total. The molecule has 4 aliphatic rings. The molecule has 124 valence electrons. The van der Waals surface area contributed by atoms with E-state index in [-0.39, 0.29) is 36.6 Å². The fourth-order valence-corrected chi connectivity index (χ4v) is 3.92. The molecule has 0 aromatic rings. The van der Waals surface area contributed by atoms with Crippen LogP contribution in [0.15, 0.2) is 0 Å². The lowest BCUT2D eigenvalue weighted by atomic mass is 9.67. The number of esters is 2. The van der Waals surface area contributed by atoms with E-state index in [0.717, 1.165) is 25.7 Å². The highest BCUT2D eigenvalue weighted by Crippen LogP contribution is 2.48. The van der Waals surface area contributed by atoms with Crippen LogP contribution in [0.2, 0.25) is 0 Å². The number of alkyl halides is 2. The zero-order valence-electron chi connectivity index (χ0n) is 12.4.